The highest BCUT2D eigenvalue weighted by Crippen LogP contribution is 2.48. The number of carbonyl (C=O) groups excluding carboxylic acids is 1. The van der Waals surface area contributed by atoms with E-state index in [1.165, 1.54) is 12.3 Å². The van der Waals surface area contributed by atoms with E-state index in [1.807, 2.05) is 32.0 Å². The number of furan rings is 1. The Morgan fingerprint density at radius 3 is 2.36 bits per heavy atom. The molecule has 4 aromatic rings. The van der Waals surface area contributed by atoms with Crippen LogP contribution < -0.4 is 14.8 Å². The molecule has 0 saturated heterocycles. The van der Waals surface area contributed by atoms with Gasteiger partial charge in [0.15, 0.2) is 18.2 Å². The zero-order valence-electron chi connectivity index (χ0n) is 18.9. The van der Waals surface area contributed by atoms with Gasteiger partial charge in [0.25, 0.3) is 5.91 Å². The number of aryl methyl sites for hydroxylation is 2. The largest absolute Gasteiger partial charge is 0.482 e. The monoisotopic (exact) mass is 587 g/mol. The van der Waals surface area contributed by atoms with E-state index in [0.717, 1.165) is 16.9 Å². The van der Waals surface area contributed by atoms with Crippen LogP contribution in [0.25, 0.3) is 0 Å². The number of benzene rings is 2. The van der Waals surface area contributed by atoms with Crippen LogP contribution in [-0.4, -0.2) is 15.7 Å². The lowest BCUT2D eigenvalue weighted by atomic mass is 10.1. The van der Waals surface area contributed by atoms with Gasteiger partial charge in [-0.15, -0.1) is 0 Å². The van der Waals surface area contributed by atoms with Crippen molar-refractivity contribution in [2.75, 3.05) is 5.32 Å². The van der Waals surface area contributed by atoms with Crippen molar-refractivity contribution in [3.05, 3.63) is 90.5 Å². The summed E-state index contributed by atoms with van der Waals surface area (Å²) in [4.78, 5) is 12.6. The molecule has 36 heavy (non-hydrogen) atoms. The zero-order valence-corrected chi connectivity index (χ0v) is 22.7. The van der Waals surface area contributed by atoms with Crippen LogP contribution in [0.2, 0.25) is 25.1 Å². The summed E-state index contributed by atoms with van der Waals surface area (Å²) in [7, 11) is 0. The van der Waals surface area contributed by atoms with Crippen LogP contribution in [0.15, 0.2) is 47.1 Å². The molecule has 2 aromatic heterocycles. The minimum absolute atomic E-state index is 0.0131. The van der Waals surface area contributed by atoms with Crippen LogP contribution in [-0.2, 0) is 13.3 Å². The van der Waals surface area contributed by atoms with E-state index < -0.39 is 5.91 Å². The van der Waals surface area contributed by atoms with Gasteiger partial charge in [-0.25, -0.2) is 4.68 Å². The van der Waals surface area contributed by atoms with Crippen LogP contribution in [0.4, 0.5) is 5.69 Å². The summed E-state index contributed by atoms with van der Waals surface area (Å²) in [6, 6.07) is 9.01. The number of hydrogen-bond donors (Lipinski definition) is 1. The first-order valence-electron chi connectivity index (χ1n) is 10.4. The first kappa shape index (κ1) is 26.5. The SMILES string of the molecule is Cc1ccc(OCn2cc(NC(=O)c3ccc(COc4c(Cl)c(Cl)c(Cl)c(Cl)c4Cl)o3)cn2)c(C)c1. The molecule has 0 fully saturated rings. The van der Waals surface area contributed by atoms with Crippen LogP contribution in [0.3, 0.4) is 0 Å². The lowest BCUT2D eigenvalue weighted by Crippen LogP contribution is -2.10. The maximum Gasteiger partial charge on any atom is 0.291 e. The molecule has 0 spiro atoms. The molecule has 1 N–H and O–H groups in total. The Labute approximate surface area is 231 Å². The summed E-state index contributed by atoms with van der Waals surface area (Å²) >= 11 is 30.4. The molecule has 2 heterocycles. The van der Waals surface area contributed by atoms with Crippen molar-refractivity contribution in [2.24, 2.45) is 0 Å². The topological polar surface area (TPSA) is 78.5 Å². The summed E-state index contributed by atoms with van der Waals surface area (Å²) in [5.41, 5.74) is 2.66. The van der Waals surface area contributed by atoms with E-state index in [-0.39, 0.29) is 50.0 Å². The Balaban J connectivity index is 1.35. The van der Waals surface area contributed by atoms with E-state index in [1.54, 1.807) is 16.9 Å². The summed E-state index contributed by atoms with van der Waals surface area (Å²) in [5.74, 6) is 0.752. The second-order valence-corrected chi connectivity index (χ2v) is 9.61. The van der Waals surface area contributed by atoms with Crippen molar-refractivity contribution in [1.29, 1.82) is 0 Å². The number of hydrogen-bond acceptors (Lipinski definition) is 5. The fourth-order valence-corrected chi connectivity index (χ4v) is 4.45. The molecular weight excluding hydrogens is 572 g/mol. The average Bonchev–Trinajstić information content (AvgIpc) is 3.50. The molecule has 0 bridgehead atoms. The minimum atomic E-state index is -0.468. The van der Waals surface area contributed by atoms with E-state index in [0.29, 0.717) is 11.4 Å². The number of ether oxygens (including phenoxy) is 2. The minimum Gasteiger partial charge on any atom is -0.482 e. The molecule has 0 unspecified atom stereocenters. The molecule has 188 valence electrons. The quantitative estimate of drug-likeness (QED) is 0.165. The third-order valence-electron chi connectivity index (χ3n) is 4.99. The number of halogens is 5. The van der Waals surface area contributed by atoms with E-state index in [9.17, 15) is 4.79 Å². The van der Waals surface area contributed by atoms with Crippen LogP contribution >= 0.6 is 58.0 Å². The molecule has 0 aliphatic carbocycles. The Bertz CT molecular complexity index is 1400. The molecule has 0 radical (unpaired) electrons. The Hall–Kier alpha value is -2.55. The second kappa shape index (κ2) is 11.2. The van der Waals surface area contributed by atoms with Crippen molar-refractivity contribution in [3.63, 3.8) is 0 Å². The maximum atomic E-state index is 12.6. The van der Waals surface area contributed by atoms with Crippen LogP contribution in [0.1, 0.15) is 27.4 Å². The molecule has 0 aliphatic heterocycles. The van der Waals surface area contributed by atoms with Gasteiger partial charge < -0.3 is 19.2 Å². The third kappa shape index (κ3) is 5.88. The number of nitrogens with one attached hydrogen (secondary N) is 1. The van der Waals surface area contributed by atoms with E-state index in [4.69, 9.17) is 71.9 Å². The molecule has 0 aliphatic rings. The van der Waals surface area contributed by atoms with Gasteiger partial charge in [0, 0.05) is 0 Å². The highest BCUT2D eigenvalue weighted by molar-refractivity contribution is 6.55. The van der Waals surface area contributed by atoms with E-state index in [2.05, 4.69) is 10.4 Å². The molecule has 0 saturated carbocycles. The summed E-state index contributed by atoms with van der Waals surface area (Å²) in [6.45, 7) is 4.09. The normalized spacial score (nSPS) is 11.0. The van der Waals surface area contributed by atoms with Gasteiger partial charge in [-0.2, -0.15) is 5.10 Å². The van der Waals surface area contributed by atoms with Gasteiger partial charge in [0.05, 0.1) is 33.1 Å². The highest BCUT2D eigenvalue weighted by Gasteiger charge is 2.21. The predicted octanol–water partition coefficient (Wildman–Crippen LogP) is 8.23. The van der Waals surface area contributed by atoms with Crippen molar-refractivity contribution in [1.82, 2.24) is 9.78 Å². The van der Waals surface area contributed by atoms with Crippen LogP contribution in [0, 0.1) is 13.8 Å². The maximum absolute atomic E-state index is 12.6. The molecule has 1 amide bonds. The number of aromatic nitrogens is 2. The molecule has 0 atom stereocenters. The molecule has 7 nitrogen and oxygen atoms in total. The van der Waals surface area contributed by atoms with Gasteiger partial charge in [-0.3, -0.25) is 4.79 Å². The molecule has 4 rings (SSSR count). The number of carbonyl (C=O) groups is 1. The second-order valence-electron chi connectivity index (χ2n) is 7.72. The lowest BCUT2D eigenvalue weighted by molar-refractivity contribution is 0.0992. The lowest BCUT2D eigenvalue weighted by Gasteiger charge is -2.12. The van der Waals surface area contributed by atoms with Gasteiger partial charge in [0.1, 0.15) is 28.2 Å². The number of nitrogens with zero attached hydrogens (tertiary/aromatic N) is 2. The van der Waals surface area contributed by atoms with Gasteiger partial charge in [0.2, 0.25) is 0 Å². The number of amides is 1. The molecular formula is C24H18Cl5N3O4. The third-order valence-corrected chi connectivity index (χ3v) is 7.23. The average molecular weight is 590 g/mol. The fraction of sp³-hybridized carbons (Fsp3) is 0.167. The van der Waals surface area contributed by atoms with Crippen molar-refractivity contribution in [2.45, 2.75) is 27.2 Å². The standard InChI is InChI=1S/C24H18Cl5N3O4/c1-12-3-5-16(13(2)7-12)35-11-32-9-14(8-30-32)31-24(33)17-6-4-15(36-17)10-34-23-21(28)19(26)18(25)20(27)22(23)29/h3-9H,10-11H2,1-2H3,(H,31,33). The first-order valence-corrected chi connectivity index (χ1v) is 12.3. The summed E-state index contributed by atoms with van der Waals surface area (Å²) in [5, 5.41) is 7.00. The molecule has 2 aromatic carbocycles. The van der Waals surface area contributed by atoms with Gasteiger partial charge in [-0.1, -0.05) is 75.7 Å². The highest BCUT2D eigenvalue weighted by atomic mass is 35.5. The first-order chi connectivity index (χ1) is 17.1. The smallest absolute Gasteiger partial charge is 0.291 e. The zero-order chi connectivity index (χ0) is 26.0. The summed E-state index contributed by atoms with van der Waals surface area (Å²) < 4.78 is 18.6. The van der Waals surface area contributed by atoms with Crippen molar-refractivity contribution >= 4 is 69.6 Å². The van der Waals surface area contributed by atoms with Gasteiger partial charge >= 0.3 is 0 Å². The van der Waals surface area contributed by atoms with Crippen LogP contribution in [0.5, 0.6) is 11.5 Å². The number of rotatable bonds is 8. The fourth-order valence-electron chi connectivity index (χ4n) is 3.22. The van der Waals surface area contributed by atoms with Crippen molar-refractivity contribution < 1.29 is 18.7 Å². The van der Waals surface area contributed by atoms with E-state index >= 15 is 0 Å². The Morgan fingerprint density at radius 2 is 1.67 bits per heavy atom. The predicted molar refractivity (Wildman–Crippen MR) is 141 cm³/mol. The Morgan fingerprint density at radius 1 is 0.972 bits per heavy atom. The van der Waals surface area contributed by atoms with Gasteiger partial charge in [-0.05, 0) is 37.6 Å². The number of anilines is 1. The van der Waals surface area contributed by atoms with Crippen molar-refractivity contribution in [3.8, 4) is 11.5 Å². The Kier molecular flexibility index (Phi) is 8.27. The molecule has 12 heteroatoms. The summed E-state index contributed by atoms with van der Waals surface area (Å²) in [6.07, 6.45) is 3.15.